The van der Waals surface area contributed by atoms with Crippen molar-refractivity contribution < 1.29 is 17.9 Å². The van der Waals surface area contributed by atoms with E-state index >= 15 is 0 Å². The van der Waals surface area contributed by atoms with Crippen molar-refractivity contribution in [2.24, 2.45) is 11.8 Å². The molecular weight excluding hydrogens is 410 g/mol. The van der Waals surface area contributed by atoms with Crippen LogP contribution >= 0.6 is 0 Å². The lowest BCUT2D eigenvalue weighted by Gasteiger charge is -2.22. The fraction of sp³-hybridized carbons (Fsp3) is 0.400. The van der Waals surface area contributed by atoms with Gasteiger partial charge in [-0.05, 0) is 49.8 Å². The van der Waals surface area contributed by atoms with E-state index in [-0.39, 0.29) is 11.9 Å². The molecule has 0 aliphatic carbocycles. The summed E-state index contributed by atoms with van der Waals surface area (Å²) in [7, 11) is -2.37. The Morgan fingerprint density at radius 1 is 1.03 bits per heavy atom. The number of hydrogen-bond donors (Lipinski definition) is 1. The van der Waals surface area contributed by atoms with E-state index in [1.807, 2.05) is 77.1 Å². The van der Waals surface area contributed by atoms with Gasteiger partial charge in [0.25, 0.3) is 0 Å². The smallest absolute Gasteiger partial charge is 0.312 e. The highest BCUT2D eigenvalue weighted by molar-refractivity contribution is 7.89. The van der Waals surface area contributed by atoms with Gasteiger partial charge < -0.3 is 4.74 Å². The van der Waals surface area contributed by atoms with Crippen LogP contribution in [0.25, 0.3) is 0 Å². The molecule has 1 N–H and O–H groups in total. The fourth-order valence-corrected chi connectivity index (χ4v) is 5.52. The average Bonchev–Trinajstić information content (AvgIpc) is 2.68. The molecule has 0 radical (unpaired) electrons. The highest BCUT2D eigenvalue weighted by Gasteiger charge is 2.25. The van der Waals surface area contributed by atoms with Gasteiger partial charge in [0.1, 0.15) is 0 Å². The van der Waals surface area contributed by atoms with E-state index in [0.717, 1.165) is 11.1 Å². The molecule has 2 rings (SSSR count). The van der Waals surface area contributed by atoms with Gasteiger partial charge in [-0.1, -0.05) is 74.0 Å². The van der Waals surface area contributed by atoms with E-state index in [2.05, 4.69) is 4.72 Å². The van der Waals surface area contributed by atoms with Gasteiger partial charge in [-0.2, -0.15) is 0 Å². The van der Waals surface area contributed by atoms with Gasteiger partial charge in [0.15, 0.2) is 0 Å². The highest BCUT2D eigenvalue weighted by atomic mass is 32.2. The number of sulfonamides is 1. The molecule has 0 aromatic heterocycles. The van der Waals surface area contributed by atoms with Crippen molar-refractivity contribution in [3.05, 3.63) is 76.9 Å². The Morgan fingerprint density at radius 3 is 2.13 bits per heavy atom. The first-order chi connectivity index (χ1) is 14.5. The molecule has 2 aromatic rings. The Bertz CT molecular complexity index is 1000. The Labute approximate surface area is 186 Å². The minimum absolute atomic E-state index is 0.00731. The predicted molar refractivity (Wildman–Crippen MR) is 124 cm³/mol. The molecule has 0 bridgehead atoms. The third-order valence-electron chi connectivity index (χ3n) is 5.24. The van der Waals surface area contributed by atoms with Crippen molar-refractivity contribution in [2.45, 2.75) is 52.0 Å². The lowest BCUT2D eigenvalue weighted by Crippen LogP contribution is -2.38. The minimum atomic E-state index is -3.73. The summed E-state index contributed by atoms with van der Waals surface area (Å²) < 4.78 is 34.2. The SMILES string of the molecule is COC(=O)[C@H](/C=C/[C@@H](NS(=O)(=O)c1c(C)cc(C)cc1C)C(C)C)Cc1ccccc1. The van der Waals surface area contributed by atoms with Gasteiger partial charge in [-0.25, -0.2) is 13.1 Å². The van der Waals surface area contributed by atoms with E-state index in [1.165, 1.54) is 7.11 Å². The van der Waals surface area contributed by atoms with Crippen molar-refractivity contribution in [1.82, 2.24) is 4.72 Å². The van der Waals surface area contributed by atoms with Crippen molar-refractivity contribution in [3.8, 4) is 0 Å². The first-order valence-corrected chi connectivity index (χ1v) is 11.9. The Hall–Kier alpha value is -2.44. The number of esters is 1. The van der Waals surface area contributed by atoms with Crippen LogP contribution in [0.3, 0.4) is 0 Å². The molecule has 0 aliphatic rings. The van der Waals surface area contributed by atoms with E-state index in [0.29, 0.717) is 22.4 Å². The molecule has 5 nitrogen and oxygen atoms in total. The molecule has 6 heteroatoms. The number of ether oxygens (including phenoxy) is 1. The molecule has 0 saturated heterocycles. The predicted octanol–water partition coefficient (Wildman–Crippen LogP) is 4.50. The van der Waals surface area contributed by atoms with Gasteiger partial charge in [0.05, 0.1) is 17.9 Å². The molecule has 0 amide bonds. The maximum Gasteiger partial charge on any atom is 0.312 e. The molecule has 168 valence electrons. The van der Waals surface area contributed by atoms with E-state index in [1.54, 1.807) is 12.2 Å². The molecule has 2 aromatic carbocycles. The maximum atomic E-state index is 13.2. The molecule has 0 aliphatic heterocycles. The summed E-state index contributed by atoms with van der Waals surface area (Å²) in [6.45, 7) is 9.44. The fourth-order valence-electron chi connectivity index (χ4n) is 3.73. The van der Waals surface area contributed by atoms with Crippen molar-refractivity contribution in [1.29, 1.82) is 0 Å². The lowest BCUT2D eigenvalue weighted by molar-refractivity contribution is -0.143. The Kier molecular flexibility index (Phi) is 8.60. The second-order valence-electron chi connectivity index (χ2n) is 8.32. The molecule has 0 heterocycles. The van der Waals surface area contributed by atoms with E-state index < -0.39 is 22.0 Å². The Balaban J connectivity index is 2.30. The summed E-state index contributed by atoms with van der Waals surface area (Å²) in [5.74, 6) is -0.858. The zero-order valence-corrected chi connectivity index (χ0v) is 20.0. The van der Waals surface area contributed by atoms with E-state index in [4.69, 9.17) is 4.74 Å². The first kappa shape index (κ1) is 24.8. The van der Waals surface area contributed by atoms with Crippen LogP contribution in [0, 0.1) is 32.6 Å². The number of rotatable bonds is 9. The molecular formula is C25H33NO4S. The third-order valence-corrected chi connectivity index (χ3v) is 7.00. The van der Waals surface area contributed by atoms with Crippen LogP contribution in [0.5, 0.6) is 0 Å². The first-order valence-electron chi connectivity index (χ1n) is 10.5. The number of aryl methyl sites for hydroxylation is 3. The van der Waals surface area contributed by atoms with Crippen molar-refractivity contribution in [3.63, 3.8) is 0 Å². The average molecular weight is 444 g/mol. The molecule has 0 unspecified atom stereocenters. The van der Waals surface area contributed by atoms with Crippen LogP contribution in [0.4, 0.5) is 0 Å². The topological polar surface area (TPSA) is 72.5 Å². The van der Waals surface area contributed by atoms with Gasteiger partial charge in [0, 0.05) is 6.04 Å². The van der Waals surface area contributed by atoms with Crippen LogP contribution < -0.4 is 4.72 Å². The normalized spacial score (nSPS) is 14.0. The molecule has 0 fully saturated rings. The summed E-state index contributed by atoms with van der Waals surface area (Å²) >= 11 is 0. The maximum absolute atomic E-state index is 13.2. The summed E-state index contributed by atoms with van der Waals surface area (Å²) in [5, 5.41) is 0. The second kappa shape index (κ2) is 10.7. The molecule has 31 heavy (non-hydrogen) atoms. The summed E-state index contributed by atoms with van der Waals surface area (Å²) in [5.41, 5.74) is 3.47. The summed E-state index contributed by atoms with van der Waals surface area (Å²) in [6, 6.07) is 12.9. The van der Waals surface area contributed by atoms with Gasteiger partial charge in [-0.3, -0.25) is 4.79 Å². The Morgan fingerprint density at radius 2 is 1.61 bits per heavy atom. The number of hydrogen-bond acceptors (Lipinski definition) is 4. The van der Waals surface area contributed by atoms with Gasteiger partial charge in [-0.15, -0.1) is 0 Å². The molecule has 0 saturated carbocycles. The summed E-state index contributed by atoms with van der Waals surface area (Å²) in [4.78, 5) is 12.6. The monoisotopic (exact) mass is 443 g/mol. The summed E-state index contributed by atoms with van der Waals surface area (Å²) in [6.07, 6.45) is 4.00. The number of carbonyl (C=O) groups excluding carboxylic acids is 1. The number of methoxy groups -OCH3 is 1. The van der Waals surface area contributed by atoms with Crippen LogP contribution in [0.2, 0.25) is 0 Å². The standard InChI is InChI=1S/C25H33NO4S/c1-17(2)23(26-31(28,29)24-19(4)14-18(3)15-20(24)5)13-12-22(25(27)30-6)16-21-10-8-7-9-11-21/h7-15,17,22-23,26H,16H2,1-6H3/b13-12+/t22-,23-/m1/s1. The zero-order valence-electron chi connectivity index (χ0n) is 19.2. The lowest BCUT2D eigenvalue weighted by atomic mass is 9.96. The van der Waals surface area contributed by atoms with Crippen LogP contribution in [-0.4, -0.2) is 27.5 Å². The number of carbonyl (C=O) groups is 1. The third kappa shape index (κ3) is 6.77. The minimum Gasteiger partial charge on any atom is -0.469 e. The van der Waals surface area contributed by atoms with Gasteiger partial charge in [0.2, 0.25) is 10.0 Å². The molecule has 0 spiro atoms. The number of nitrogens with one attached hydrogen (secondary N) is 1. The molecule has 2 atom stereocenters. The van der Waals surface area contributed by atoms with Crippen LogP contribution in [-0.2, 0) is 26.0 Å². The largest absolute Gasteiger partial charge is 0.469 e. The van der Waals surface area contributed by atoms with Crippen molar-refractivity contribution >= 4 is 16.0 Å². The highest BCUT2D eigenvalue weighted by Crippen LogP contribution is 2.23. The van der Waals surface area contributed by atoms with Crippen molar-refractivity contribution in [2.75, 3.05) is 7.11 Å². The van der Waals surface area contributed by atoms with Crippen LogP contribution in [0.15, 0.2) is 59.5 Å². The van der Waals surface area contributed by atoms with E-state index in [9.17, 15) is 13.2 Å². The van der Waals surface area contributed by atoms with Gasteiger partial charge >= 0.3 is 5.97 Å². The zero-order chi connectivity index (χ0) is 23.2. The number of benzene rings is 2. The second-order valence-corrected chi connectivity index (χ2v) is 9.97. The van der Waals surface area contributed by atoms with Crippen LogP contribution in [0.1, 0.15) is 36.1 Å². The quantitative estimate of drug-likeness (QED) is 0.457.